The number of hydrogen-bond acceptors (Lipinski definition) is 3. The van der Waals surface area contributed by atoms with E-state index in [9.17, 15) is 4.79 Å². The predicted octanol–water partition coefficient (Wildman–Crippen LogP) is 6.56. The molecule has 1 aromatic rings. The number of hydrogen-bond donors (Lipinski definition) is 0. The molecule has 2 atom stereocenters. The number of nitrogens with zero attached hydrogens (tertiary/aromatic N) is 1. The second-order valence-corrected chi connectivity index (χ2v) is 10.8. The molecule has 2 aliphatic rings. The lowest BCUT2D eigenvalue weighted by Crippen LogP contribution is -2.44. The van der Waals surface area contributed by atoms with Crippen molar-refractivity contribution in [2.24, 2.45) is 5.92 Å². The predicted molar refractivity (Wildman–Crippen MR) is 134 cm³/mol. The molecule has 1 heterocycles. The van der Waals surface area contributed by atoms with Crippen molar-refractivity contribution >= 4 is 28.9 Å². The highest BCUT2D eigenvalue weighted by atomic mass is 32.1. The molecule has 1 unspecified atom stereocenters. The highest BCUT2D eigenvalue weighted by molar-refractivity contribution is 7.80. The van der Waals surface area contributed by atoms with Crippen molar-refractivity contribution in [2.45, 2.75) is 85.1 Å². The Morgan fingerprint density at radius 1 is 1.29 bits per heavy atom. The Kier molecular flexibility index (Phi) is 6.53. The molecule has 1 aliphatic heterocycles. The largest absolute Gasteiger partial charge is 0.463 e. The second-order valence-electron chi connectivity index (χ2n) is 10.3. The van der Waals surface area contributed by atoms with Gasteiger partial charge in [-0.05, 0) is 86.1 Å². The molecule has 0 radical (unpaired) electrons. The molecular formula is C27H37NO2S. The van der Waals surface area contributed by atoms with Gasteiger partial charge in [0.15, 0.2) is 0 Å². The quantitative estimate of drug-likeness (QED) is 0.217. The third kappa shape index (κ3) is 4.64. The lowest BCUT2D eigenvalue weighted by molar-refractivity contribution is -0.137. The number of anilines is 1. The van der Waals surface area contributed by atoms with Gasteiger partial charge in [-0.15, -0.1) is 0 Å². The number of fused-ring (bicyclic) bond motifs is 1. The molecule has 0 spiro atoms. The molecule has 0 N–H and O–H groups in total. The Bertz CT molecular complexity index is 956. The van der Waals surface area contributed by atoms with E-state index >= 15 is 0 Å². The van der Waals surface area contributed by atoms with Gasteiger partial charge in [0.25, 0.3) is 0 Å². The Balaban J connectivity index is 1.91. The van der Waals surface area contributed by atoms with Gasteiger partial charge in [0.2, 0.25) is 0 Å². The van der Waals surface area contributed by atoms with E-state index in [0.29, 0.717) is 18.6 Å². The number of thiocarbonyl (C=S) groups is 1. The minimum absolute atomic E-state index is 0.0375. The fraction of sp³-hybridized carbons (Fsp3) is 0.556. The minimum atomic E-state index is -0.274. The van der Waals surface area contributed by atoms with Crippen LogP contribution in [0.3, 0.4) is 0 Å². The number of allylic oxidation sites excluding steroid dienone is 3. The molecule has 0 aromatic heterocycles. The average molecular weight is 440 g/mol. The zero-order chi connectivity index (χ0) is 23.1. The van der Waals surface area contributed by atoms with Crippen LogP contribution in [0.15, 0.2) is 35.9 Å². The van der Waals surface area contributed by atoms with Gasteiger partial charge in [-0.2, -0.15) is 0 Å². The third-order valence-corrected chi connectivity index (χ3v) is 7.19. The van der Waals surface area contributed by atoms with E-state index in [1.807, 2.05) is 13.8 Å². The zero-order valence-electron chi connectivity index (χ0n) is 20.3. The molecule has 4 heteroatoms. The van der Waals surface area contributed by atoms with Gasteiger partial charge in [-0.1, -0.05) is 51.2 Å². The first-order chi connectivity index (χ1) is 14.4. The van der Waals surface area contributed by atoms with Gasteiger partial charge in [-0.3, -0.25) is 0 Å². The van der Waals surface area contributed by atoms with Crippen molar-refractivity contribution in [1.29, 1.82) is 0 Å². The Morgan fingerprint density at radius 2 is 1.97 bits per heavy atom. The lowest BCUT2D eigenvalue weighted by atomic mass is 9.74. The molecule has 0 amide bonds. The normalized spacial score (nSPS) is 25.2. The summed E-state index contributed by atoms with van der Waals surface area (Å²) in [4.78, 5) is 15.0. The molecule has 168 valence electrons. The Labute approximate surface area is 193 Å². The maximum Gasteiger partial charge on any atom is 0.330 e. The number of aryl methyl sites for hydroxylation is 1. The van der Waals surface area contributed by atoms with E-state index in [0.717, 1.165) is 23.4 Å². The maximum atomic E-state index is 11.7. The summed E-state index contributed by atoms with van der Waals surface area (Å²) < 4.78 is 5.00. The molecule has 3 rings (SSSR count). The highest BCUT2D eigenvalue weighted by Crippen LogP contribution is 2.57. The fourth-order valence-electron chi connectivity index (χ4n) is 4.98. The summed E-state index contributed by atoms with van der Waals surface area (Å²) in [7, 11) is 0. The first-order valence-electron chi connectivity index (χ1n) is 11.4. The number of esters is 1. The van der Waals surface area contributed by atoms with Crippen LogP contribution in [0, 0.1) is 12.8 Å². The monoisotopic (exact) mass is 439 g/mol. The van der Waals surface area contributed by atoms with Crippen LogP contribution in [0.25, 0.3) is 0 Å². The first-order valence-corrected chi connectivity index (χ1v) is 11.8. The summed E-state index contributed by atoms with van der Waals surface area (Å²) in [5.41, 5.74) is 6.56. The molecular weight excluding hydrogens is 402 g/mol. The Morgan fingerprint density at radius 3 is 2.58 bits per heavy atom. The molecule has 1 aliphatic carbocycles. The molecule has 1 fully saturated rings. The summed E-state index contributed by atoms with van der Waals surface area (Å²) in [6, 6.07) is 5.17. The van der Waals surface area contributed by atoms with E-state index in [2.05, 4.69) is 70.7 Å². The van der Waals surface area contributed by atoms with Crippen LogP contribution in [0.2, 0.25) is 0 Å². The topological polar surface area (TPSA) is 29.5 Å². The van der Waals surface area contributed by atoms with Crippen LogP contribution in [-0.2, 0) is 20.4 Å². The maximum absolute atomic E-state index is 11.7. The molecule has 1 aromatic carbocycles. The van der Waals surface area contributed by atoms with Crippen molar-refractivity contribution < 1.29 is 9.53 Å². The van der Waals surface area contributed by atoms with Crippen molar-refractivity contribution in [2.75, 3.05) is 11.5 Å². The highest BCUT2D eigenvalue weighted by Gasteiger charge is 2.51. The van der Waals surface area contributed by atoms with Gasteiger partial charge in [0.05, 0.1) is 11.6 Å². The standard InChI is InChI=1S/C27H37NO2S/c1-9-30-25(29)12-18(4)10-11-20-15-27(20,8)21-14-22-23(13-19(21)5)28(17(2)3)24(31)16-26(22,6)7/h10-14,17,20H,9,15-16H2,1-8H3/b11-10+,18-12+/t20?,27-/m0/s1. The fourth-order valence-corrected chi connectivity index (χ4v) is 5.65. The summed E-state index contributed by atoms with van der Waals surface area (Å²) in [6.45, 7) is 17.8. The van der Waals surface area contributed by atoms with Gasteiger partial charge < -0.3 is 9.64 Å². The molecule has 0 saturated heterocycles. The van der Waals surface area contributed by atoms with Crippen LogP contribution in [0.5, 0.6) is 0 Å². The van der Waals surface area contributed by atoms with E-state index in [1.165, 1.54) is 22.4 Å². The van der Waals surface area contributed by atoms with Gasteiger partial charge in [-0.25, -0.2) is 4.79 Å². The lowest BCUT2D eigenvalue weighted by Gasteiger charge is -2.43. The Hall–Kier alpha value is -1.94. The van der Waals surface area contributed by atoms with Gasteiger partial charge in [0.1, 0.15) is 0 Å². The van der Waals surface area contributed by atoms with Crippen molar-refractivity contribution in [3.63, 3.8) is 0 Å². The van der Waals surface area contributed by atoms with Crippen LogP contribution in [0.4, 0.5) is 5.69 Å². The van der Waals surface area contributed by atoms with E-state index in [4.69, 9.17) is 17.0 Å². The minimum Gasteiger partial charge on any atom is -0.463 e. The van der Waals surface area contributed by atoms with Crippen LogP contribution < -0.4 is 4.90 Å². The number of ether oxygens (including phenoxy) is 1. The molecule has 3 nitrogen and oxygen atoms in total. The van der Waals surface area contributed by atoms with Crippen LogP contribution >= 0.6 is 12.2 Å². The number of rotatable bonds is 6. The van der Waals surface area contributed by atoms with E-state index in [1.54, 1.807) is 6.08 Å². The molecule has 1 saturated carbocycles. The number of benzene rings is 1. The van der Waals surface area contributed by atoms with Crippen molar-refractivity contribution in [1.82, 2.24) is 0 Å². The molecule has 0 bridgehead atoms. The summed E-state index contributed by atoms with van der Waals surface area (Å²) in [6.07, 6.45) is 7.92. The van der Waals surface area contributed by atoms with Crippen LogP contribution in [-0.4, -0.2) is 23.6 Å². The summed E-state index contributed by atoms with van der Waals surface area (Å²) >= 11 is 5.79. The zero-order valence-corrected chi connectivity index (χ0v) is 21.2. The molecule has 31 heavy (non-hydrogen) atoms. The van der Waals surface area contributed by atoms with Crippen LogP contribution in [0.1, 0.15) is 78.0 Å². The van der Waals surface area contributed by atoms with E-state index in [-0.39, 0.29) is 16.8 Å². The summed E-state index contributed by atoms with van der Waals surface area (Å²) in [5.74, 6) is 0.201. The third-order valence-electron chi connectivity index (χ3n) is 6.85. The SMILES string of the molecule is CCOC(=O)/C=C(C)/C=C/C1C[C@]1(C)c1cc2c(cc1C)N(C(C)C)C(=S)CC2(C)C. The van der Waals surface area contributed by atoms with E-state index < -0.39 is 0 Å². The second kappa shape index (κ2) is 8.54. The van der Waals surface area contributed by atoms with Gasteiger partial charge >= 0.3 is 5.97 Å². The summed E-state index contributed by atoms with van der Waals surface area (Å²) in [5, 5.41) is 0. The first kappa shape index (κ1) is 23.7. The average Bonchev–Trinajstić information content (AvgIpc) is 3.29. The number of carbonyl (C=O) groups excluding carboxylic acids is 1. The number of carbonyl (C=O) groups is 1. The smallest absolute Gasteiger partial charge is 0.330 e. The van der Waals surface area contributed by atoms with Gasteiger partial charge in [0, 0.05) is 24.2 Å². The van der Waals surface area contributed by atoms with Crippen molar-refractivity contribution in [3.8, 4) is 0 Å². The van der Waals surface area contributed by atoms with Crippen molar-refractivity contribution in [3.05, 3.63) is 52.6 Å².